The van der Waals surface area contributed by atoms with Gasteiger partial charge in [0.2, 0.25) is 0 Å². The zero-order valence-corrected chi connectivity index (χ0v) is 10.3. The predicted molar refractivity (Wildman–Crippen MR) is 71.4 cm³/mol. The van der Waals surface area contributed by atoms with Gasteiger partial charge in [-0.05, 0) is 37.0 Å². The number of anilines is 2. The monoisotopic (exact) mass is 249 g/mol. The summed E-state index contributed by atoms with van der Waals surface area (Å²) in [5.41, 5.74) is 6.97. The van der Waals surface area contributed by atoms with Gasteiger partial charge in [0.05, 0.1) is 6.61 Å². The second kappa shape index (κ2) is 6.26. The second-order valence-corrected chi connectivity index (χ2v) is 4.54. The number of nitrogen functional groups attached to an aromatic ring is 1. The Hall–Kier alpha value is -1.75. The van der Waals surface area contributed by atoms with Gasteiger partial charge in [-0.1, -0.05) is 6.07 Å². The van der Waals surface area contributed by atoms with Gasteiger partial charge >= 0.3 is 6.03 Å². The highest BCUT2D eigenvalue weighted by molar-refractivity contribution is 5.89. The molecule has 0 aliphatic carbocycles. The topological polar surface area (TPSA) is 76.4 Å². The summed E-state index contributed by atoms with van der Waals surface area (Å²) in [6, 6.07) is 6.91. The minimum Gasteiger partial charge on any atom is -0.399 e. The van der Waals surface area contributed by atoms with E-state index in [-0.39, 0.29) is 6.03 Å². The highest BCUT2D eigenvalue weighted by Gasteiger charge is 2.14. The molecular weight excluding hydrogens is 230 g/mol. The van der Waals surface area contributed by atoms with Gasteiger partial charge < -0.3 is 21.1 Å². The molecule has 0 spiro atoms. The minimum atomic E-state index is -0.203. The Bertz CT molecular complexity index is 403. The van der Waals surface area contributed by atoms with Crippen LogP contribution < -0.4 is 16.4 Å². The van der Waals surface area contributed by atoms with Crippen LogP contribution in [0, 0.1) is 5.92 Å². The smallest absolute Gasteiger partial charge is 0.319 e. The molecule has 1 saturated heterocycles. The van der Waals surface area contributed by atoms with Crippen molar-refractivity contribution in [2.45, 2.75) is 12.8 Å². The lowest BCUT2D eigenvalue weighted by atomic mass is 10.0. The van der Waals surface area contributed by atoms with Gasteiger partial charge in [-0.3, -0.25) is 0 Å². The standard InChI is InChI=1S/C13H19N3O2/c14-11-4-1-5-12(7-11)16-13(17)15-8-10-3-2-6-18-9-10/h1,4-5,7,10H,2-3,6,8-9,14H2,(H2,15,16,17). The van der Waals surface area contributed by atoms with Crippen molar-refractivity contribution >= 4 is 17.4 Å². The molecule has 1 atom stereocenters. The predicted octanol–water partition coefficient (Wildman–Crippen LogP) is 1.82. The number of hydrogen-bond acceptors (Lipinski definition) is 3. The molecule has 1 aliphatic heterocycles. The number of amides is 2. The number of hydrogen-bond donors (Lipinski definition) is 3. The van der Waals surface area contributed by atoms with Crippen molar-refractivity contribution in [2.75, 3.05) is 30.8 Å². The SMILES string of the molecule is Nc1cccc(NC(=O)NCC2CCCOC2)c1. The third kappa shape index (κ3) is 3.92. The maximum absolute atomic E-state index is 11.7. The molecule has 0 saturated carbocycles. The first-order valence-electron chi connectivity index (χ1n) is 6.22. The summed E-state index contributed by atoms with van der Waals surface area (Å²) in [5.74, 6) is 0.422. The Morgan fingerprint density at radius 2 is 2.39 bits per heavy atom. The third-order valence-electron chi connectivity index (χ3n) is 2.95. The molecule has 1 aliphatic rings. The van der Waals surface area contributed by atoms with Gasteiger partial charge in [-0.25, -0.2) is 4.79 Å². The quantitative estimate of drug-likeness (QED) is 0.715. The van der Waals surface area contributed by atoms with Crippen LogP contribution in [0.1, 0.15) is 12.8 Å². The van der Waals surface area contributed by atoms with E-state index in [0.29, 0.717) is 23.8 Å². The third-order valence-corrected chi connectivity index (χ3v) is 2.95. The summed E-state index contributed by atoms with van der Waals surface area (Å²) in [6.07, 6.45) is 2.18. The molecule has 0 bridgehead atoms. The molecule has 1 heterocycles. The molecule has 1 fully saturated rings. The molecule has 18 heavy (non-hydrogen) atoms. The van der Waals surface area contributed by atoms with Crippen molar-refractivity contribution < 1.29 is 9.53 Å². The van der Waals surface area contributed by atoms with Crippen LogP contribution in [0.5, 0.6) is 0 Å². The first-order chi connectivity index (χ1) is 8.74. The highest BCUT2D eigenvalue weighted by atomic mass is 16.5. The number of nitrogens with two attached hydrogens (primary N) is 1. The lowest BCUT2D eigenvalue weighted by Gasteiger charge is -2.22. The molecular formula is C13H19N3O2. The van der Waals surface area contributed by atoms with Crippen molar-refractivity contribution in [3.05, 3.63) is 24.3 Å². The number of nitrogens with one attached hydrogen (secondary N) is 2. The van der Waals surface area contributed by atoms with E-state index in [1.165, 1.54) is 0 Å². The molecule has 98 valence electrons. The summed E-state index contributed by atoms with van der Waals surface area (Å²) in [4.78, 5) is 11.7. The van der Waals surface area contributed by atoms with Crippen LogP contribution in [-0.4, -0.2) is 25.8 Å². The van der Waals surface area contributed by atoms with Gasteiger partial charge in [0.25, 0.3) is 0 Å². The Labute approximate surface area is 107 Å². The number of rotatable bonds is 3. The first kappa shape index (κ1) is 12.7. The van der Waals surface area contributed by atoms with Crippen LogP contribution in [0.15, 0.2) is 24.3 Å². The van der Waals surface area contributed by atoms with E-state index in [4.69, 9.17) is 10.5 Å². The van der Waals surface area contributed by atoms with Crippen molar-refractivity contribution in [2.24, 2.45) is 5.92 Å². The first-order valence-corrected chi connectivity index (χ1v) is 6.22. The van der Waals surface area contributed by atoms with Crippen LogP contribution in [-0.2, 0) is 4.74 Å². The van der Waals surface area contributed by atoms with Crippen LogP contribution in [0.2, 0.25) is 0 Å². The van der Waals surface area contributed by atoms with Gasteiger partial charge in [0.15, 0.2) is 0 Å². The van der Waals surface area contributed by atoms with Crippen molar-refractivity contribution in [3.63, 3.8) is 0 Å². The van der Waals surface area contributed by atoms with Crippen LogP contribution >= 0.6 is 0 Å². The average Bonchev–Trinajstić information content (AvgIpc) is 2.38. The Morgan fingerprint density at radius 3 is 3.11 bits per heavy atom. The van der Waals surface area contributed by atoms with E-state index in [1.807, 2.05) is 0 Å². The van der Waals surface area contributed by atoms with Crippen molar-refractivity contribution in [1.29, 1.82) is 0 Å². The molecule has 1 unspecified atom stereocenters. The molecule has 2 rings (SSSR count). The van der Waals surface area contributed by atoms with Crippen LogP contribution in [0.3, 0.4) is 0 Å². The van der Waals surface area contributed by atoms with E-state index < -0.39 is 0 Å². The number of carbonyl (C=O) groups is 1. The zero-order chi connectivity index (χ0) is 12.8. The molecule has 2 amide bonds. The minimum absolute atomic E-state index is 0.203. The van der Waals surface area contributed by atoms with E-state index in [9.17, 15) is 4.79 Å². The lowest BCUT2D eigenvalue weighted by Crippen LogP contribution is -2.35. The van der Waals surface area contributed by atoms with E-state index >= 15 is 0 Å². The molecule has 5 heteroatoms. The molecule has 0 aromatic heterocycles. The summed E-state index contributed by atoms with van der Waals surface area (Å²) in [7, 11) is 0. The van der Waals surface area contributed by atoms with E-state index in [0.717, 1.165) is 26.1 Å². The summed E-state index contributed by atoms with van der Waals surface area (Å²) >= 11 is 0. The molecule has 1 aromatic carbocycles. The maximum Gasteiger partial charge on any atom is 0.319 e. The summed E-state index contributed by atoms with van der Waals surface area (Å²) in [5, 5.41) is 5.60. The highest BCUT2D eigenvalue weighted by Crippen LogP contribution is 2.13. The second-order valence-electron chi connectivity index (χ2n) is 4.54. The Morgan fingerprint density at radius 1 is 1.50 bits per heavy atom. The fourth-order valence-electron chi connectivity index (χ4n) is 2.00. The molecule has 5 nitrogen and oxygen atoms in total. The fourth-order valence-corrected chi connectivity index (χ4v) is 2.00. The average molecular weight is 249 g/mol. The molecule has 1 aromatic rings. The van der Waals surface area contributed by atoms with Crippen LogP contribution in [0.4, 0.5) is 16.2 Å². The van der Waals surface area contributed by atoms with Gasteiger partial charge in [-0.15, -0.1) is 0 Å². The lowest BCUT2D eigenvalue weighted by molar-refractivity contribution is 0.0559. The fraction of sp³-hybridized carbons (Fsp3) is 0.462. The maximum atomic E-state index is 11.7. The number of ether oxygens (including phenoxy) is 1. The van der Waals surface area contributed by atoms with Crippen molar-refractivity contribution in [1.82, 2.24) is 5.32 Å². The normalized spacial score (nSPS) is 19.2. The Balaban J connectivity index is 1.74. The summed E-state index contributed by atoms with van der Waals surface area (Å²) < 4.78 is 5.36. The summed E-state index contributed by atoms with van der Waals surface area (Å²) in [6.45, 7) is 2.22. The van der Waals surface area contributed by atoms with Crippen molar-refractivity contribution in [3.8, 4) is 0 Å². The van der Waals surface area contributed by atoms with Gasteiger partial charge in [0, 0.05) is 24.5 Å². The van der Waals surface area contributed by atoms with E-state index in [1.54, 1.807) is 24.3 Å². The molecule has 4 N–H and O–H groups in total. The van der Waals surface area contributed by atoms with E-state index in [2.05, 4.69) is 10.6 Å². The molecule has 0 radical (unpaired) electrons. The van der Waals surface area contributed by atoms with Gasteiger partial charge in [-0.2, -0.15) is 0 Å². The largest absolute Gasteiger partial charge is 0.399 e. The number of benzene rings is 1. The Kier molecular flexibility index (Phi) is 4.41. The van der Waals surface area contributed by atoms with Crippen LogP contribution in [0.25, 0.3) is 0 Å². The zero-order valence-electron chi connectivity index (χ0n) is 10.3. The number of carbonyl (C=O) groups excluding carboxylic acids is 1. The van der Waals surface area contributed by atoms with Gasteiger partial charge in [0.1, 0.15) is 0 Å². The number of urea groups is 1.